The highest BCUT2D eigenvalue weighted by molar-refractivity contribution is 7.12. The quantitative estimate of drug-likeness (QED) is 0.741. The lowest BCUT2D eigenvalue weighted by Crippen LogP contribution is -1.93. The van der Waals surface area contributed by atoms with E-state index in [1.807, 2.05) is 13.8 Å². The molecule has 13 heavy (non-hydrogen) atoms. The third-order valence-corrected chi connectivity index (χ3v) is 2.61. The Morgan fingerprint density at radius 1 is 1.54 bits per heavy atom. The maximum Gasteiger partial charge on any atom is 0.346 e. The number of carboxylic acid groups (broad SMARTS) is 1. The summed E-state index contributed by atoms with van der Waals surface area (Å²) in [6.07, 6.45) is 0. The van der Waals surface area contributed by atoms with Crippen LogP contribution in [0.2, 0.25) is 0 Å². The SMILES string of the molecule is CC(C)=Nc1csc(C(=O)O)c1C. The number of hydrogen-bond acceptors (Lipinski definition) is 3. The lowest BCUT2D eigenvalue weighted by Gasteiger charge is -1.93. The van der Waals surface area contributed by atoms with E-state index in [9.17, 15) is 4.79 Å². The summed E-state index contributed by atoms with van der Waals surface area (Å²) in [6, 6.07) is 0. The summed E-state index contributed by atoms with van der Waals surface area (Å²) in [5, 5.41) is 10.5. The summed E-state index contributed by atoms with van der Waals surface area (Å²) in [6.45, 7) is 5.55. The van der Waals surface area contributed by atoms with Gasteiger partial charge in [-0.15, -0.1) is 11.3 Å². The molecule has 0 saturated heterocycles. The highest BCUT2D eigenvalue weighted by atomic mass is 32.1. The van der Waals surface area contributed by atoms with Crippen molar-refractivity contribution in [3.05, 3.63) is 15.8 Å². The molecule has 0 radical (unpaired) electrons. The second-order valence-electron chi connectivity index (χ2n) is 2.94. The maximum atomic E-state index is 10.7. The van der Waals surface area contributed by atoms with Crippen LogP contribution in [0.3, 0.4) is 0 Å². The van der Waals surface area contributed by atoms with Crippen molar-refractivity contribution in [1.82, 2.24) is 0 Å². The van der Waals surface area contributed by atoms with Crippen LogP contribution in [-0.2, 0) is 0 Å². The second-order valence-corrected chi connectivity index (χ2v) is 3.82. The van der Waals surface area contributed by atoms with Gasteiger partial charge in [0.2, 0.25) is 0 Å². The Labute approximate surface area is 80.7 Å². The fourth-order valence-electron chi connectivity index (χ4n) is 0.970. The van der Waals surface area contributed by atoms with E-state index in [4.69, 9.17) is 5.11 Å². The van der Waals surface area contributed by atoms with Crippen LogP contribution in [0.4, 0.5) is 5.69 Å². The van der Waals surface area contributed by atoms with Gasteiger partial charge in [-0.25, -0.2) is 4.79 Å². The smallest absolute Gasteiger partial charge is 0.346 e. The van der Waals surface area contributed by atoms with E-state index < -0.39 is 5.97 Å². The highest BCUT2D eigenvalue weighted by Crippen LogP contribution is 2.28. The molecule has 0 amide bonds. The predicted octanol–water partition coefficient (Wildman–Crippen LogP) is 2.87. The summed E-state index contributed by atoms with van der Waals surface area (Å²) >= 11 is 1.22. The van der Waals surface area contributed by atoms with Crippen molar-refractivity contribution in [2.75, 3.05) is 0 Å². The van der Waals surface area contributed by atoms with Crippen molar-refractivity contribution in [3.8, 4) is 0 Å². The van der Waals surface area contributed by atoms with Crippen LogP contribution in [0, 0.1) is 6.92 Å². The van der Waals surface area contributed by atoms with Crippen LogP contribution in [0.1, 0.15) is 29.1 Å². The zero-order valence-corrected chi connectivity index (χ0v) is 8.60. The van der Waals surface area contributed by atoms with E-state index in [0.717, 1.165) is 17.0 Å². The Hall–Kier alpha value is -1.16. The zero-order chi connectivity index (χ0) is 10.0. The molecule has 4 heteroatoms. The Kier molecular flexibility index (Phi) is 2.83. The average Bonchev–Trinajstić information content (AvgIpc) is 2.32. The van der Waals surface area contributed by atoms with E-state index in [2.05, 4.69) is 4.99 Å². The van der Waals surface area contributed by atoms with E-state index >= 15 is 0 Å². The monoisotopic (exact) mass is 197 g/mol. The summed E-state index contributed by atoms with van der Waals surface area (Å²) in [7, 11) is 0. The van der Waals surface area contributed by atoms with Gasteiger partial charge in [-0.3, -0.25) is 4.99 Å². The molecule has 3 nitrogen and oxygen atoms in total. The number of carbonyl (C=O) groups is 1. The minimum absolute atomic E-state index is 0.375. The van der Waals surface area contributed by atoms with Gasteiger partial charge in [-0.2, -0.15) is 0 Å². The van der Waals surface area contributed by atoms with Gasteiger partial charge in [0.25, 0.3) is 0 Å². The molecule has 1 heterocycles. The molecule has 0 aliphatic carbocycles. The lowest BCUT2D eigenvalue weighted by atomic mass is 10.2. The molecule has 0 spiro atoms. The molecule has 0 bridgehead atoms. The number of hydrogen-bond donors (Lipinski definition) is 1. The Morgan fingerprint density at radius 3 is 2.54 bits per heavy atom. The minimum Gasteiger partial charge on any atom is -0.477 e. The molecule has 0 aromatic carbocycles. The second kappa shape index (κ2) is 3.70. The molecule has 0 unspecified atom stereocenters. The van der Waals surface area contributed by atoms with Gasteiger partial charge in [0, 0.05) is 16.7 Å². The Bertz CT molecular complexity index is 362. The van der Waals surface area contributed by atoms with Crippen molar-refractivity contribution in [2.24, 2.45) is 4.99 Å². The number of aromatic carboxylic acids is 1. The number of rotatable bonds is 2. The van der Waals surface area contributed by atoms with Crippen molar-refractivity contribution in [1.29, 1.82) is 0 Å². The van der Waals surface area contributed by atoms with Crippen molar-refractivity contribution in [2.45, 2.75) is 20.8 Å². The van der Waals surface area contributed by atoms with Crippen molar-refractivity contribution >= 4 is 28.7 Å². The third kappa shape index (κ3) is 2.15. The molecular formula is C9H11NO2S. The number of aliphatic imine (C=N–C) groups is 1. The van der Waals surface area contributed by atoms with Crippen LogP contribution in [0.15, 0.2) is 10.4 Å². The van der Waals surface area contributed by atoms with Gasteiger partial charge in [-0.1, -0.05) is 0 Å². The largest absolute Gasteiger partial charge is 0.477 e. The van der Waals surface area contributed by atoms with Crippen LogP contribution in [0.5, 0.6) is 0 Å². The molecule has 0 atom stereocenters. The number of thiophene rings is 1. The van der Waals surface area contributed by atoms with E-state index in [0.29, 0.717) is 4.88 Å². The van der Waals surface area contributed by atoms with Gasteiger partial charge in [0.05, 0.1) is 5.69 Å². The molecular weight excluding hydrogens is 186 g/mol. The number of nitrogens with zero attached hydrogens (tertiary/aromatic N) is 1. The molecule has 0 fully saturated rings. The van der Waals surface area contributed by atoms with E-state index in [-0.39, 0.29) is 0 Å². The van der Waals surface area contributed by atoms with Gasteiger partial charge >= 0.3 is 5.97 Å². The lowest BCUT2D eigenvalue weighted by molar-refractivity contribution is 0.0701. The number of carboxylic acids is 1. The fourth-order valence-corrected chi connectivity index (χ4v) is 1.81. The summed E-state index contributed by atoms with van der Waals surface area (Å²) in [5.74, 6) is -0.877. The normalized spacial score (nSPS) is 9.77. The predicted molar refractivity (Wildman–Crippen MR) is 54.5 cm³/mol. The zero-order valence-electron chi connectivity index (χ0n) is 7.79. The topological polar surface area (TPSA) is 49.7 Å². The molecule has 1 rings (SSSR count). The van der Waals surface area contributed by atoms with Gasteiger partial charge < -0.3 is 5.11 Å². The maximum absolute atomic E-state index is 10.7. The average molecular weight is 197 g/mol. The Morgan fingerprint density at radius 2 is 2.15 bits per heavy atom. The fraction of sp³-hybridized carbons (Fsp3) is 0.333. The summed E-state index contributed by atoms with van der Waals surface area (Å²) in [5.41, 5.74) is 2.44. The van der Waals surface area contributed by atoms with Crippen molar-refractivity contribution in [3.63, 3.8) is 0 Å². The summed E-state index contributed by atoms with van der Waals surface area (Å²) < 4.78 is 0. The molecule has 1 aromatic rings. The summed E-state index contributed by atoms with van der Waals surface area (Å²) in [4.78, 5) is 15.3. The molecule has 0 aliphatic rings. The standard InChI is InChI=1S/C9H11NO2S/c1-5(2)10-7-4-13-8(6(7)3)9(11)12/h4H,1-3H3,(H,11,12). The van der Waals surface area contributed by atoms with E-state index in [1.165, 1.54) is 11.3 Å². The first-order valence-corrected chi connectivity index (χ1v) is 4.73. The molecule has 0 aliphatic heterocycles. The first kappa shape index (κ1) is 9.92. The molecule has 70 valence electrons. The minimum atomic E-state index is -0.877. The van der Waals surface area contributed by atoms with Crippen LogP contribution >= 0.6 is 11.3 Å². The van der Waals surface area contributed by atoms with Crippen LogP contribution in [0.25, 0.3) is 0 Å². The van der Waals surface area contributed by atoms with Crippen molar-refractivity contribution < 1.29 is 9.90 Å². The highest BCUT2D eigenvalue weighted by Gasteiger charge is 2.12. The third-order valence-electron chi connectivity index (χ3n) is 1.55. The van der Waals surface area contributed by atoms with Crippen LogP contribution in [-0.4, -0.2) is 16.8 Å². The van der Waals surface area contributed by atoms with Gasteiger partial charge in [0.1, 0.15) is 4.88 Å². The Balaban J connectivity index is 3.14. The van der Waals surface area contributed by atoms with Gasteiger partial charge in [-0.05, 0) is 20.8 Å². The molecule has 1 aromatic heterocycles. The van der Waals surface area contributed by atoms with E-state index in [1.54, 1.807) is 12.3 Å². The first-order valence-electron chi connectivity index (χ1n) is 3.85. The van der Waals surface area contributed by atoms with Gasteiger partial charge in [0.15, 0.2) is 0 Å². The molecule has 1 N–H and O–H groups in total. The van der Waals surface area contributed by atoms with Crippen LogP contribution < -0.4 is 0 Å². The first-order chi connectivity index (χ1) is 6.02. The molecule has 0 saturated carbocycles.